The molecule has 0 aliphatic carbocycles. The van der Waals surface area contributed by atoms with Crippen LogP contribution < -0.4 is 10.6 Å². The maximum atomic E-state index is 12.9. The predicted molar refractivity (Wildman–Crippen MR) is 96.8 cm³/mol. The van der Waals surface area contributed by atoms with Crippen molar-refractivity contribution >= 4 is 23.2 Å². The van der Waals surface area contributed by atoms with Gasteiger partial charge in [0.05, 0.1) is 10.6 Å². The molecule has 2 aromatic carbocycles. The van der Waals surface area contributed by atoms with E-state index in [1.165, 1.54) is 12.3 Å². The van der Waals surface area contributed by atoms with Crippen LogP contribution in [0.3, 0.4) is 0 Å². The van der Waals surface area contributed by atoms with Crippen LogP contribution in [0.25, 0.3) is 0 Å². The Bertz CT molecular complexity index is 900. The number of anilines is 1. The Kier molecular flexibility index (Phi) is 6.48. The van der Waals surface area contributed by atoms with Crippen LogP contribution in [0, 0.1) is 18.3 Å². The number of hydrogen-bond acceptors (Lipinski definition) is 3. The molecule has 4 nitrogen and oxygen atoms in total. The molecule has 0 atom stereocenters. The Morgan fingerprint density at radius 3 is 2.48 bits per heavy atom. The first-order chi connectivity index (χ1) is 12.7. The highest BCUT2D eigenvalue weighted by atomic mass is 35.5. The Labute approximate surface area is 159 Å². The van der Waals surface area contributed by atoms with Crippen molar-refractivity contribution in [3.05, 3.63) is 76.0 Å². The fourth-order valence-electron chi connectivity index (χ4n) is 2.14. The lowest BCUT2D eigenvalue weighted by atomic mass is 10.1. The highest BCUT2D eigenvalue weighted by Gasteiger charge is 2.33. The highest BCUT2D eigenvalue weighted by Crippen LogP contribution is 2.36. The molecule has 0 bridgehead atoms. The van der Waals surface area contributed by atoms with Gasteiger partial charge in [-0.25, -0.2) is 0 Å². The van der Waals surface area contributed by atoms with Crippen molar-refractivity contribution in [2.75, 3.05) is 5.32 Å². The van der Waals surface area contributed by atoms with Crippen LogP contribution in [0.2, 0.25) is 5.02 Å². The molecule has 0 radical (unpaired) electrons. The number of amides is 1. The van der Waals surface area contributed by atoms with Gasteiger partial charge in [0.25, 0.3) is 5.91 Å². The van der Waals surface area contributed by atoms with E-state index in [0.29, 0.717) is 6.54 Å². The minimum absolute atomic E-state index is 0.114. The molecule has 27 heavy (non-hydrogen) atoms. The first-order valence-electron chi connectivity index (χ1n) is 7.78. The molecular weight excluding hydrogens is 379 g/mol. The van der Waals surface area contributed by atoms with Crippen LogP contribution >= 0.6 is 11.6 Å². The number of nitrogens with one attached hydrogen (secondary N) is 2. The van der Waals surface area contributed by atoms with Gasteiger partial charge in [0, 0.05) is 18.4 Å². The molecule has 2 rings (SSSR count). The Balaban J connectivity index is 2.06. The normalized spacial score (nSPS) is 11.6. The third-order valence-electron chi connectivity index (χ3n) is 3.57. The van der Waals surface area contributed by atoms with E-state index >= 15 is 0 Å². The first kappa shape index (κ1) is 20.3. The van der Waals surface area contributed by atoms with Gasteiger partial charge < -0.3 is 10.6 Å². The first-order valence-corrected chi connectivity index (χ1v) is 8.16. The smallest absolute Gasteiger partial charge is 0.386 e. The van der Waals surface area contributed by atoms with Crippen LogP contribution in [0.4, 0.5) is 18.9 Å². The van der Waals surface area contributed by atoms with Crippen molar-refractivity contribution in [2.45, 2.75) is 19.6 Å². The van der Waals surface area contributed by atoms with Crippen molar-refractivity contribution in [1.29, 1.82) is 5.26 Å². The second kappa shape index (κ2) is 8.60. The molecule has 2 N–H and O–H groups in total. The van der Waals surface area contributed by atoms with Crippen LogP contribution in [0.1, 0.15) is 16.7 Å². The number of alkyl halides is 3. The summed E-state index contributed by atoms with van der Waals surface area (Å²) in [5.74, 6) is -0.829. The number of benzene rings is 2. The molecule has 0 saturated heterocycles. The van der Waals surface area contributed by atoms with Gasteiger partial charge in [0.2, 0.25) is 0 Å². The van der Waals surface area contributed by atoms with Crippen LogP contribution in [-0.2, 0) is 17.5 Å². The van der Waals surface area contributed by atoms with Gasteiger partial charge in [0.15, 0.2) is 0 Å². The van der Waals surface area contributed by atoms with Crippen molar-refractivity contribution in [1.82, 2.24) is 5.32 Å². The number of nitriles is 1. The summed E-state index contributed by atoms with van der Waals surface area (Å²) >= 11 is 5.54. The molecule has 1 amide bonds. The van der Waals surface area contributed by atoms with Crippen LogP contribution in [0.15, 0.2) is 54.2 Å². The van der Waals surface area contributed by atoms with Gasteiger partial charge in [0.1, 0.15) is 11.6 Å². The molecule has 0 heterocycles. The summed E-state index contributed by atoms with van der Waals surface area (Å²) in [6, 6.07) is 12.3. The molecule has 0 unspecified atom stereocenters. The number of halogens is 4. The van der Waals surface area contributed by atoms with Gasteiger partial charge >= 0.3 is 6.18 Å². The van der Waals surface area contributed by atoms with Gasteiger partial charge in [-0.3, -0.25) is 4.79 Å². The monoisotopic (exact) mass is 393 g/mol. The zero-order valence-electron chi connectivity index (χ0n) is 14.2. The van der Waals surface area contributed by atoms with Crippen molar-refractivity contribution in [3.63, 3.8) is 0 Å². The maximum Gasteiger partial charge on any atom is 0.417 e. The molecular formula is C19H15ClF3N3O. The van der Waals surface area contributed by atoms with E-state index in [-0.39, 0.29) is 11.3 Å². The molecule has 0 aliphatic rings. The molecule has 0 aromatic heterocycles. The Morgan fingerprint density at radius 2 is 1.89 bits per heavy atom. The van der Waals surface area contributed by atoms with Crippen molar-refractivity contribution in [2.24, 2.45) is 0 Å². The molecule has 2 aromatic rings. The third kappa shape index (κ3) is 5.76. The van der Waals surface area contributed by atoms with Gasteiger partial charge in [-0.1, -0.05) is 41.4 Å². The summed E-state index contributed by atoms with van der Waals surface area (Å²) in [5.41, 5.74) is 0.596. The molecule has 0 spiro atoms. The van der Waals surface area contributed by atoms with E-state index in [0.717, 1.165) is 23.3 Å². The zero-order chi connectivity index (χ0) is 20.0. The predicted octanol–water partition coefficient (Wildman–Crippen LogP) is 4.80. The lowest BCUT2D eigenvalue weighted by Gasteiger charge is -2.11. The number of aryl methyl sites for hydroxylation is 1. The summed E-state index contributed by atoms with van der Waals surface area (Å²) in [4.78, 5) is 12.1. The molecule has 140 valence electrons. The fraction of sp³-hybridized carbons (Fsp3) is 0.158. The van der Waals surface area contributed by atoms with Crippen molar-refractivity contribution in [3.8, 4) is 6.07 Å². The molecule has 0 aliphatic heterocycles. The number of nitrogens with zero attached hydrogens (tertiary/aromatic N) is 1. The standard InChI is InChI=1S/C19H15ClF3N3O/c1-12-2-4-13(5-3-12)10-25-11-14(9-24)18(27)26-15-6-7-17(20)16(8-15)19(21,22)23/h2-8,11,25H,10H2,1H3,(H,26,27)/b14-11-. The molecule has 0 fully saturated rings. The second-order valence-electron chi connectivity index (χ2n) is 5.68. The van der Waals surface area contributed by atoms with Gasteiger partial charge in [-0.15, -0.1) is 0 Å². The lowest BCUT2D eigenvalue weighted by molar-refractivity contribution is -0.137. The highest BCUT2D eigenvalue weighted by molar-refractivity contribution is 6.31. The average Bonchev–Trinajstić information content (AvgIpc) is 2.61. The second-order valence-corrected chi connectivity index (χ2v) is 6.09. The lowest BCUT2D eigenvalue weighted by Crippen LogP contribution is -2.17. The van der Waals surface area contributed by atoms with E-state index in [1.54, 1.807) is 6.07 Å². The van der Waals surface area contributed by atoms with Gasteiger partial charge in [-0.05, 0) is 30.7 Å². The summed E-state index contributed by atoms with van der Waals surface area (Å²) in [6.07, 6.45) is -3.43. The topological polar surface area (TPSA) is 64.9 Å². The van der Waals surface area contributed by atoms with E-state index in [4.69, 9.17) is 16.9 Å². The number of rotatable bonds is 5. The van der Waals surface area contributed by atoms with Crippen LogP contribution in [-0.4, -0.2) is 5.91 Å². The molecule has 8 heteroatoms. The zero-order valence-corrected chi connectivity index (χ0v) is 14.9. The Morgan fingerprint density at radius 1 is 1.22 bits per heavy atom. The Hall–Kier alpha value is -2.98. The van der Waals surface area contributed by atoms with E-state index in [2.05, 4.69) is 10.6 Å². The largest absolute Gasteiger partial charge is 0.417 e. The number of hydrogen-bond donors (Lipinski definition) is 2. The summed E-state index contributed by atoms with van der Waals surface area (Å²) in [5, 5.41) is 13.7. The molecule has 0 saturated carbocycles. The van der Waals surface area contributed by atoms with Crippen molar-refractivity contribution < 1.29 is 18.0 Å². The van der Waals surface area contributed by atoms with Gasteiger partial charge in [-0.2, -0.15) is 18.4 Å². The minimum atomic E-state index is -4.65. The fourth-order valence-corrected chi connectivity index (χ4v) is 2.37. The number of carbonyl (C=O) groups is 1. The van der Waals surface area contributed by atoms with Crippen LogP contribution in [0.5, 0.6) is 0 Å². The SMILES string of the molecule is Cc1ccc(CN/C=C(/C#N)C(=O)Nc2ccc(Cl)c(C(F)(F)F)c2)cc1. The summed E-state index contributed by atoms with van der Waals surface area (Å²) in [7, 11) is 0. The number of carbonyl (C=O) groups excluding carboxylic acids is 1. The summed E-state index contributed by atoms with van der Waals surface area (Å²) < 4.78 is 38.6. The average molecular weight is 394 g/mol. The summed E-state index contributed by atoms with van der Waals surface area (Å²) in [6.45, 7) is 2.34. The maximum absolute atomic E-state index is 12.9. The van der Waals surface area contributed by atoms with E-state index in [9.17, 15) is 18.0 Å². The van der Waals surface area contributed by atoms with E-state index in [1.807, 2.05) is 31.2 Å². The quantitative estimate of drug-likeness (QED) is 0.566. The minimum Gasteiger partial charge on any atom is -0.386 e. The van der Waals surface area contributed by atoms with E-state index < -0.39 is 22.7 Å². The third-order valence-corrected chi connectivity index (χ3v) is 3.90.